The summed E-state index contributed by atoms with van der Waals surface area (Å²) < 4.78 is 47.4. The summed E-state index contributed by atoms with van der Waals surface area (Å²) >= 11 is 0. The summed E-state index contributed by atoms with van der Waals surface area (Å²) in [6.07, 6.45) is 1.82. The Morgan fingerprint density at radius 3 is 2.58 bits per heavy atom. The minimum absolute atomic E-state index is 0.201. The Morgan fingerprint density at radius 2 is 1.94 bits per heavy atom. The number of alkyl halides is 3. The van der Waals surface area contributed by atoms with Gasteiger partial charge in [-0.1, -0.05) is 6.07 Å². The van der Waals surface area contributed by atoms with Crippen LogP contribution in [0.2, 0.25) is 0 Å². The molecule has 0 atom stereocenters. The average molecular weight is 436 g/mol. The summed E-state index contributed by atoms with van der Waals surface area (Å²) in [6.45, 7) is 1.73. The van der Waals surface area contributed by atoms with Crippen LogP contribution in [0.4, 0.5) is 19.1 Å². The van der Waals surface area contributed by atoms with Crippen molar-refractivity contribution in [2.75, 3.05) is 25.2 Å². The molecule has 2 heterocycles. The molecule has 10 heteroatoms. The van der Waals surface area contributed by atoms with Gasteiger partial charge in [-0.3, -0.25) is 4.79 Å². The Kier molecular flexibility index (Phi) is 6.26. The molecule has 0 bridgehead atoms. The molecule has 0 spiro atoms. The van der Waals surface area contributed by atoms with Crippen LogP contribution in [-0.2, 0) is 17.7 Å². The van der Waals surface area contributed by atoms with Crippen LogP contribution in [0, 0.1) is 5.92 Å². The summed E-state index contributed by atoms with van der Waals surface area (Å²) in [5.74, 6) is 0.374. The number of nitrogens with one attached hydrogen (secondary N) is 1. The van der Waals surface area contributed by atoms with Gasteiger partial charge in [-0.15, -0.1) is 13.2 Å². The third kappa shape index (κ3) is 6.30. The van der Waals surface area contributed by atoms with E-state index >= 15 is 0 Å². The summed E-state index contributed by atoms with van der Waals surface area (Å²) in [5, 5.41) is 2.98. The predicted octanol–water partition coefficient (Wildman–Crippen LogP) is 3.76. The van der Waals surface area contributed by atoms with Crippen LogP contribution in [-0.4, -0.2) is 47.0 Å². The fraction of sp³-hybridized carbons (Fsp3) is 0.476. The maximum Gasteiger partial charge on any atom is 0.573 e. The second kappa shape index (κ2) is 9.09. The van der Waals surface area contributed by atoms with Crippen LogP contribution in [0.1, 0.15) is 40.7 Å². The molecule has 2 aromatic rings. The fourth-order valence-corrected chi connectivity index (χ4v) is 3.45. The van der Waals surface area contributed by atoms with Gasteiger partial charge in [0.25, 0.3) is 5.91 Å². The molecule has 1 aromatic carbocycles. The van der Waals surface area contributed by atoms with Crippen molar-refractivity contribution >= 4 is 11.9 Å². The number of amides is 1. The van der Waals surface area contributed by atoms with Gasteiger partial charge in [0.05, 0.1) is 12.2 Å². The Labute approximate surface area is 177 Å². The first kappa shape index (κ1) is 21.4. The number of carbonyl (C=O) groups is 1. The van der Waals surface area contributed by atoms with Gasteiger partial charge in [-0.2, -0.15) is 0 Å². The number of benzene rings is 1. The van der Waals surface area contributed by atoms with Gasteiger partial charge in [0.2, 0.25) is 5.95 Å². The van der Waals surface area contributed by atoms with Crippen molar-refractivity contribution in [3.63, 3.8) is 0 Å². The topological polar surface area (TPSA) is 76.6 Å². The quantitative estimate of drug-likeness (QED) is 0.712. The SMILES string of the molecule is O=C(c1cnc(NCc2cc(CC3CC3)cc(OC(F)(F)F)c2)nc1)N1CCCOC1. The summed E-state index contributed by atoms with van der Waals surface area (Å²) in [5.41, 5.74) is 1.79. The van der Waals surface area contributed by atoms with Crippen molar-refractivity contribution in [1.29, 1.82) is 0 Å². The summed E-state index contributed by atoms with van der Waals surface area (Å²) in [7, 11) is 0. The van der Waals surface area contributed by atoms with E-state index in [0.29, 0.717) is 30.2 Å². The lowest BCUT2D eigenvalue weighted by atomic mass is 10.0. The number of hydrogen-bond acceptors (Lipinski definition) is 6. The van der Waals surface area contributed by atoms with E-state index in [4.69, 9.17) is 4.74 Å². The van der Waals surface area contributed by atoms with Gasteiger partial charge >= 0.3 is 6.36 Å². The first-order chi connectivity index (χ1) is 14.9. The van der Waals surface area contributed by atoms with Crippen molar-refractivity contribution in [2.24, 2.45) is 5.92 Å². The highest BCUT2D eigenvalue weighted by Gasteiger charge is 2.31. The molecule has 31 heavy (non-hydrogen) atoms. The highest BCUT2D eigenvalue weighted by atomic mass is 19.4. The highest BCUT2D eigenvalue weighted by molar-refractivity contribution is 5.93. The number of carbonyl (C=O) groups excluding carboxylic acids is 1. The Hall–Kier alpha value is -2.88. The lowest BCUT2D eigenvalue weighted by Crippen LogP contribution is -2.38. The minimum atomic E-state index is -4.74. The predicted molar refractivity (Wildman–Crippen MR) is 105 cm³/mol. The molecule has 2 fully saturated rings. The third-order valence-corrected chi connectivity index (χ3v) is 5.08. The van der Waals surface area contributed by atoms with E-state index in [2.05, 4.69) is 20.0 Å². The van der Waals surface area contributed by atoms with E-state index in [1.54, 1.807) is 4.90 Å². The molecule has 4 rings (SSSR count). The standard InChI is InChI=1S/C21H23F3N4O3/c22-21(23,24)31-18-8-15(6-14-2-3-14)7-16(9-18)10-25-20-26-11-17(12-27-20)19(29)28-4-1-5-30-13-28/h7-9,11-12,14H,1-6,10,13H2,(H,25,26,27). The fourth-order valence-electron chi connectivity index (χ4n) is 3.45. The van der Waals surface area contributed by atoms with Crippen LogP contribution in [0.15, 0.2) is 30.6 Å². The van der Waals surface area contributed by atoms with Crippen molar-refractivity contribution in [2.45, 2.75) is 38.6 Å². The molecule has 2 aliphatic rings. The molecule has 1 aromatic heterocycles. The van der Waals surface area contributed by atoms with Crippen LogP contribution >= 0.6 is 0 Å². The van der Waals surface area contributed by atoms with Gasteiger partial charge in [0.1, 0.15) is 12.5 Å². The van der Waals surface area contributed by atoms with E-state index in [9.17, 15) is 18.0 Å². The maximum atomic E-state index is 12.7. The number of rotatable bonds is 7. The lowest BCUT2D eigenvalue weighted by molar-refractivity contribution is -0.274. The Morgan fingerprint density at radius 1 is 1.19 bits per heavy atom. The third-order valence-electron chi connectivity index (χ3n) is 5.08. The molecule has 7 nitrogen and oxygen atoms in total. The minimum Gasteiger partial charge on any atom is -0.406 e. The lowest BCUT2D eigenvalue weighted by Gasteiger charge is -2.26. The first-order valence-electron chi connectivity index (χ1n) is 10.2. The van der Waals surface area contributed by atoms with Crippen LogP contribution in [0.3, 0.4) is 0 Å². The molecule has 1 aliphatic heterocycles. The number of anilines is 1. The van der Waals surface area contributed by atoms with Crippen molar-refractivity contribution in [1.82, 2.24) is 14.9 Å². The molecule has 166 valence electrons. The molecule has 1 saturated heterocycles. The largest absolute Gasteiger partial charge is 0.573 e. The molecular weight excluding hydrogens is 413 g/mol. The van der Waals surface area contributed by atoms with Crippen molar-refractivity contribution in [3.05, 3.63) is 47.3 Å². The van der Waals surface area contributed by atoms with E-state index in [-0.39, 0.29) is 30.9 Å². The molecule has 1 amide bonds. The number of aromatic nitrogens is 2. The second-order valence-electron chi connectivity index (χ2n) is 7.79. The van der Waals surface area contributed by atoms with Gasteiger partial charge in [-0.05, 0) is 54.9 Å². The molecule has 0 unspecified atom stereocenters. The maximum absolute atomic E-state index is 12.7. The molecule has 0 radical (unpaired) electrons. The number of ether oxygens (including phenoxy) is 2. The number of hydrogen-bond donors (Lipinski definition) is 1. The van der Waals surface area contributed by atoms with E-state index in [0.717, 1.165) is 31.2 Å². The van der Waals surface area contributed by atoms with E-state index in [1.165, 1.54) is 24.5 Å². The van der Waals surface area contributed by atoms with Gasteiger partial charge in [0, 0.05) is 25.5 Å². The molecule has 1 aliphatic carbocycles. The van der Waals surface area contributed by atoms with Crippen LogP contribution in [0.5, 0.6) is 5.75 Å². The Balaban J connectivity index is 1.40. The van der Waals surface area contributed by atoms with E-state index < -0.39 is 6.36 Å². The first-order valence-corrected chi connectivity index (χ1v) is 10.2. The zero-order chi connectivity index (χ0) is 21.8. The normalized spacial score (nSPS) is 16.8. The van der Waals surface area contributed by atoms with Gasteiger partial charge in [0.15, 0.2) is 0 Å². The summed E-state index contributed by atoms with van der Waals surface area (Å²) in [4.78, 5) is 22.3. The smallest absolute Gasteiger partial charge is 0.406 e. The van der Waals surface area contributed by atoms with Crippen LogP contribution < -0.4 is 10.1 Å². The van der Waals surface area contributed by atoms with Gasteiger partial charge in [-0.25, -0.2) is 9.97 Å². The van der Waals surface area contributed by atoms with Crippen LogP contribution in [0.25, 0.3) is 0 Å². The zero-order valence-electron chi connectivity index (χ0n) is 16.8. The molecule has 1 saturated carbocycles. The van der Waals surface area contributed by atoms with Gasteiger partial charge < -0.3 is 19.7 Å². The second-order valence-corrected chi connectivity index (χ2v) is 7.79. The molecule has 1 N–H and O–H groups in total. The number of halogens is 3. The average Bonchev–Trinajstić information content (AvgIpc) is 3.55. The zero-order valence-corrected chi connectivity index (χ0v) is 16.8. The van der Waals surface area contributed by atoms with E-state index in [1.807, 2.05) is 6.07 Å². The molecular formula is C21H23F3N4O3. The van der Waals surface area contributed by atoms with Crippen molar-refractivity contribution in [3.8, 4) is 5.75 Å². The Bertz CT molecular complexity index is 911. The van der Waals surface area contributed by atoms with Crippen molar-refractivity contribution < 1.29 is 27.4 Å². The highest BCUT2D eigenvalue weighted by Crippen LogP contribution is 2.34. The number of nitrogens with zero attached hydrogens (tertiary/aromatic N) is 3. The summed E-state index contributed by atoms with van der Waals surface area (Å²) in [6, 6.07) is 4.66. The monoisotopic (exact) mass is 436 g/mol.